The predicted octanol–water partition coefficient (Wildman–Crippen LogP) is 5.32. The molecule has 0 spiro atoms. The standard InChI is InChI=1S/C29H29N7O3S/c1-5-36-22(15-17(2)35-36)26(38)30-21-14-10-9-13-19(21)25(37)31-24-20-16-23(40-28(20)34-33-24)27(39)32-29(3,4)18-11-7-6-8-12-18/h6-16H,5H2,1-4H3,(H,30,38)(H,32,39)(H2,31,33,34,37). The van der Waals surface area contributed by atoms with Crippen LogP contribution in [0.25, 0.3) is 10.2 Å². The fourth-order valence-corrected chi connectivity index (χ4v) is 5.31. The van der Waals surface area contributed by atoms with Gasteiger partial charge in [-0.3, -0.25) is 24.2 Å². The van der Waals surface area contributed by atoms with E-state index in [0.29, 0.717) is 38.8 Å². The summed E-state index contributed by atoms with van der Waals surface area (Å²) in [7, 11) is 0. The number of para-hydroxylation sites is 1. The Morgan fingerprint density at radius 3 is 2.42 bits per heavy atom. The van der Waals surface area contributed by atoms with Gasteiger partial charge in [-0.2, -0.15) is 10.2 Å². The Morgan fingerprint density at radius 1 is 0.950 bits per heavy atom. The van der Waals surface area contributed by atoms with Gasteiger partial charge in [-0.05, 0) is 57.5 Å². The number of amides is 3. The number of rotatable bonds is 8. The molecule has 40 heavy (non-hydrogen) atoms. The molecule has 5 rings (SSSR count). The van der Waals surface area contributed by atoms with Crippen molar-refractivity contribution in [2.45, 2.75) is 39.8 Å². The van der Waals surface area contributed by atoms with E-state index in [0.717, 1.165) is 11.3 Å². The topological polar surface area (TPSA) is 134 Å². The molecule has 3 aromatic heterocycles. The second-order valence-corrected chi connectivity index (χ2v) is 10.8. The van der Waals surface area contributed by atoms with Gasteiger partial charge in [0.1, 0.15) is 16.3 Å². The molecule has 11 heteroatoms. The summed E-state index contributed by atoms with van der Waals surface area (Å²) in [5.74, 6) is -0.676. The zero-order valence-corrected chi connectivity index (χ0v) is 23.3. The van der Waals surface area contributed by atoms with Gasteiger partial charge in [-0.1, -0.05) is 42.5 Å². The van der Waals surface area contributed by atoms with Gasteiger partial charge in [0.25, 0.3) is 17.7 Å². The molecule has 204 valence electrons. The third kappa shape index (κ3) is 5.36. The van der Waals surface area contributed by atoms with Crippen LogP contribution in [0, 0.1) is 6.92 Å². The molecular weight excluding hydrogens is 526 g/mol. The summed E-state index contributed by atoms with van der Waals surface area (Å²) >= 11 is 1.23. The number of anilines is 2. The Labute approximate surface area is 234 Å². The summed E-state index contributed by atoms with van der Waals surface area (Å²) in [4.78, 5) is 40.4. The normalized spacial score (nSPS) is 11.4. The molecule has 0 radical (unpaired) electrons. The quantitative estimate of drug-likeness (QED) is 0.206. The molecule has 0 bridgehead atoms. The number of thiophene rings is 1. The minimum Gasteiger partial charge on any atom is -0.342 e. The average Bonchev–Trinajstić information content (AvgIpc) is 3.64. The highest BCUT2D eigenvalue weighted by molar-refractivity contribution is 7.20. The Morgan fingerprint density at radius 2 is 1.68 bits per heavy atom. The van der Waals surface area contributed by atoms with Crippen LogP contribution in [0.4, 0.5) is 11.5 Å². The van der Waals surface area contributed by atoms with E-state index in [2.05, 4.69) is 31.2 Å². The highest BCUT2D eigenvalue weighted by Gasteiger charge is 2.25. The molecule has 0 saturated carbocycles. The molecule has 5 aromatic rings. The lowest BCUT2D eigenvalue weighted by Crippen LogP contribution is -2.40. The van der Waals surface area contributed by atoms with E-state index in [1.54, 1.807) is 41.1 Å². The maximum absolute atomic E-state index is 13.3. The number of carbonyl (C=O) groups is 3. The van der Waals surface area contributed by atoms with Gasteiger partial charge in [0.2, 0.25) is 0 Å². The third-order valence-corrected chi connectivity index (χ3v) is 7.52. The molecular formula is C29H29N7O3S. The second-order valence-electron chi connectivity index (χ2n) is 9.81. The molecule has 4 N–H and O–H groups in total. The third-order valence-electron chi connectivity index (χ3n) is 6.49. The maximum Gasteiger partial charge on any atom is 0.273 e. The van der Waals surface area contributed by atoms with Gasteiger partial charge >= 0.3 is 0 Å². The first-order chi connectivity index (χ1) is 19.2. The van der Waals surface area contributed by atoms with E-state index in [9.17, 15) is 14.4 Å². The summed E-state index contributed by atoms with van der Waals surface area (Å²) in [6.07, 6.45) is 0. The summed E-state index contributed by atoms with van der Waals surface area (Å²) in [5.41, 5.74) is 2.17. The van der Waals surface area contributed by atoms with Crippen molar-refractivity contribution in [2.75, 3.05) is 10.6 Å². The SMILES string of the molecule is CCn1nc(C)cc1C(=O)Nc1ccccc1C(=O)Nc1[nH]nc2sc(C(=O)NC(C)(C)c3ccccc3)cc12. The maximum atomic E-state index is 13.3. The van der Waals surface area contributed by atoms with Gasteiger partial charge in [-0.15, -0.1) is 11.3 Å². The lowest BCUT2D eigenvalue weighted by Gasteiger charge is -2.26. The second kappa shape index (κ2) is 10.8. The van der Waals surface area contributed by atoms with E-state index < -0.39 is 11.4 Å². The summed E-state index contributed by atoms with van der Waals surface area (Å²) in [6.45, 7) is 8.15. The minimum absolute atomic E-state index is 0.233. The largest absolute Gasteiger partial charge is 0.342 e. The van der Waals surface area contributed by atoms with E-state index in [1.807, 2.05) is 58.0 Å². The monoisotopic (exact) mass is 555 g/mol. The lowest BCUT2D eigenvalue weighted by atomic mass is 9.94. The number of hydrogen-bond donors (Lipinski definition) is 4. The fourth-order valence-electron chi connectivity index (χ4n) is 4.42. The predicted molar refractivity (Wildman–Crippen MR) is 156 cm³/mol. The first-order valence-electron chi connectivity index (χ1n) is 12.8. The highest BCUT2D eigenvalue weighted by atomic mass is 32.1. The van der Waals surface area contributed by atoms with E-state index >= 15 is 0 Å². The van der Waals surface area contributed by atoms with Crippen molar-refractivity contribution in [2.24, 2.45) is 0 Å². The van der Waals surface area contributed by atoms with Gasteiger partial charge in [0.05, 0.1) is 32.7 Å². The Kier molecular flexibility index (Phi) is 7.22. The Bertz CT molecular complexity index is 1720. The number of aromatic nitrogens is 4. The Balaban J connectivity index is 1.33. The summed E-state index contributed by atoms with van der Waals surface area (Å²) < 4.78 is 1.61. The molecule has 0 saturated heterocycles. The van der Waals surface area contributed by atoms with Crippen molar-refractivity contribution in [3.05, 3.63) is 94.1 Å². The molecule has 0 aliphatic heterocycles. The molecule has 0 unspecified atom stereocenters. The molecule has 0 atom stereocenters. The molecule has 3 heterocycles. The van der Waals surface area contributed by atoms with Crippen LogP contribution >= 0.6 is 11.3 Å². The van der Waals surface area contributed by atoms with Crippen LogP contribution in [0.1, 0.15) is 62.5 Å². The number of fused-ring (bicyclic) bond motifs is 1. The van der Waals surface area contributed by atoms with Crippen LogP contribution in [-0.2, 0) is 12.1 Å². The number of carbonyl (C=O) groups excluding carboxylic acids is 3. The smallest absolute Gasteiger partial charge is 0.273 e. The number of nitrogens with one attached hydrogen (secondary N) is 4. The zero-order chi connectivity index (χ0) is 28.4. The number of nitrogens with zero attached hydrogens (tertiary/aromatic N) is 3. The number of H-pyrrole nitrogens is 1. The molecule has 3 amide bonds. The van der Waals surface area contributed by atoms with E-state index in [-0.39, 0.29) is 17.4 Å². The average molecular weight is 556 g/mol. The first-order valence-corrected chi connectivity index (χ1v) is 13.6. The molecule has 0 aliphatic carbocycles. The van der Waals surface area contributed by atoms with Crippen LogP contribution in [-0.4, -0.2) is 37.7 Å². The van der Waals surface area contributed by atoms with E-state index in [4.69, 9.17) is 0 Å². The van der Waals surface area contributed by atoms with Crippen molar-refractivity contribution in [1.29, 1.82) is 0 Å². The first kappa shape index (κ1) is 26.8. The molecule has 0 fully saturated rings. The number of aromatic amines is 1. The molecule has 10 nitrogen and oxygen atoms in total. The van der Waals surface area contributed by atoms with Gasteiger partial charge in [0, 0.05) is 6.54 Å². The summed E-state index contributed by atoms with van der Waals surface area (Å²) in [5, 5.41) is 20.8. The fraction of sp³-hybridized carbons (Fsp3) is 0.207. The Hall–Kier alpha value is -4.77. The number of benzene rings is 2. The zero-order valence-electron chi connectivity index (χ0n) is 22.5. The van der Waals surface area contributed by atoms with Gasteiger partial charge in [0.15, 0.2) is 0 Å². The molecule has 0 aliphatic rings. The van der Waals surface area contributed by atoms with Crippen molar-refractivity contribution in [1.82, 2.24) is 25.3 Å². The lowest BCUT2D eigenvalue weighted by molar-refractivity contribution is 0.0915. The number of hydrogen-bond acceptors (Lipinski definition) is 6. The molecule has 2 aromatic carbocycles. The van der Waals surface area contributed by atoms with Gasteiger partial charge < -0.3 is 16.0 Å². The summed E-state index contributed by atoms with van der Waals surface area (Å²) in [6, 6.07) is 19.9. The van der Waals surface area contributed by atoms with Crippen molar-refractivity contribution in [3.63, 3.8) is 0 Å². The van der Waals surface area contributed by atoms with Crippen LogP contribution in [0.5, 0.6) is 0 Å². The van der Waals surface area contributed by atoms with E-state index in [1.165, 1.54) is 11.3 Å². The van der Waals surface area contributed by atoms with Crippen molar-refractivity contribution < 1.29 is 14.4 Å². The van der Waals surface area contributed by atoms with Crippen LogP contribution in [0.3, 0.4) is 0 Å². The van der Waals surface area contributed by atoms with Crippen LogP contribution in [0.15, 0.2) is 66.7 Å². The van der Waals surface area contributed by atoms with Crippen LogP contribution in [0.2, 0.25) is 0 Å². The highest BCUT2D eigenvalue weighted by Crippen LogP contribution is 2.31. The van der Waals surface area contributed by atoms with Crippen molar-refractivity contribution in [3.8, 4) is 0 Å². The number of aryl methyl sites for hydroxylation is 2. The van der Waals surface area contributed by atoms with Gasteiger partial charge in [-0.25, -0.2) is 0 Å². The van der Waals surface area contributed by atoms with Crippen LogP contribution < -0.4 is 16.0 Å². The minimum atomic E-state index is -0.579. The van der Waals surface area contributed by atoms with Crippen molar-refractivity contribution >= 4 is 50.8 Å².